The van der Waals surface area contributed by atoms with Gasteiger partial charge in [0.25, 0.3) is 0 Å². The quantitative estimate of drug-likeness (QED) is 0.477. The van der Waals surface area contributed by atoms with Crippen molar-refractivity contribution in [3.8, 4) is 0 Å². The standard InChI is InChI=1S/C24H38O4/c1-9-13-23(7,15(3)4)18-12-11-17(21(25)26)19(22(27)28)20(18)24(8,14-10-2)16(5)6/h11-12,15-16H,9-10,13-14H2,1-8H3,(H,25,26)(H,27,28). The van der Waals surface area contributed by atoms with Gasteiger partial charge in [-0.3, -0.25) is 0 Å². The Bertz CT molecular complexity index is 720. The number of benzene rings is 1. The summed E-state index contributed by atoms with van der Waals surface area (Å²) in [5.74, 6) is -1.87. The first-order chi connectivity index (χ1) is 12.9. The molecule has 0 radical (unpaired) electrons. The fourth-order valence-electron chi connectivity index (χ4n) is 4.55. The zero-order chi connectivity index (χ0) is 21.9. The maximum Gasteiger partial charge on any atom is 0.336 e. The minimum atomic E-state index is -1.19. The van der Waals surface area contributed by atoms with Crippen molar-refractivity contribution in [3.05, 3.63) is 34.4 Å². The van der Waals surface area contributed by atoms with E-state index in [9.17, 15) is 19.8 Å². The van der Waals surface area contributed by atoms with E-state index in [2.05, 4.69) is 55.4 Å². The van der Waals surface area contributed by atoms with Crippen LogP contribution in [0, 0.1) is 11.8 Å². The van der Waals surface area contributed by atoms with Gasteiger partial charge < -0.3 is 10.2 Å². The molecule has 0 saturated carbocycles. The Hall–Kier alpha value is -1.84. The molecule has 0 aliphatic rings. The van der Waals surface area contributed by atoms with Crippen LogP contribution in [0.3, 0.4) is 0 Å². The van der Waals surface area contributed by atoms with E-state index in [-0.39, 0.29) is 22.5 Å². The molecular formula is C24H38O4. The highest BCUT2D eigenvalue weighted by Crippen LogP contribution is 2.48. The fraction of sp³-hybridized carbons (Fsp3) is 0.667. The van der Waals surface area contributed by atoms with E-state index in [1.807, 2.05) is 6.07 Å². The molecule has 0 fully saturated rings. The number of carbonyl (C=O) groups is 2. The largest absolute Gasteiger partial charge is 0.478 e. The molecule has 158 valence electrons. The van der Waals surface area contributed by atoms with Gasteiger partial charge in [-0.15, -0.1) is 0 Å². The summed E-state index contributed by atoms with van der Waals surface area (Å²) in [7, 11) is 0. The van der Waals surface area contributed by atoms with E-state index < -0.39 is 17.4 Å². The summed E-state index contributed by atoms with van der Waals surface area (Å²) >= 11 is 0. The van der Waals surface area contributed by atoms with E-state index in [4.69, 9.17) is 0 Å². The molecule has 28 heavy (non-hydrogen) atoms. The molecule has 2 unspecified atom stereocenters. The highest BCUT2D eigenvalue weighted by Gasteiger charge is 2.42. The van der Waals surface area contributed by atoms with Crippen LogP contribution in [0.1, 0.15) is 113 Å². The summed E-state index contributed by atoms with van der Waals surface area (Å²) in [4.78, 5) is 24.3. The summed E-state index contributed by atoms with van der Waals surface area (Å²) in [6.07, 6.45) is 3.60. The van der Waals surface area contributed by atoms with Crippen LogP contribution in [0.2, 0.25) is 0 Å². The molecule has 0 heterocycles. The van der Waals surface area contributed by atoms with Crippen LogP contribution < -0.4 is 0 Å². The van der Waals surface area contributed by atoms with Gasteiger partial charge in [-0.1, -0.05) is 74.3 Å². The third kappa shape index (κ3) is 4.26. The highest BCUT2D eigenvalue weighted by atomic mass is 16.4. The lowest BCUT2D eigenvalue weighted by molar-refractivity contribution is 0.0647. The van der Waals surface area contributed by atoms with Gasteiger partial charge in [0, 0.05) is 0 Å². The first-order valence-corrected chi connectivity index (χ1v) is 10.5. The number of aromatic carboxylic acids is 2. The SMILES string of the molecule is CCCC(C)(c1ccc(C(=O)O)c(C(=O)O)c1C(C)(CCC)C(C)C)C(C)C. The monoisotopic (exact) mass is 390 g/mol. The van der Waals surface area contributed by atoms with Crippen molar-refractivity contribution < 1.29 is 19.8 Å². The van der Waals surface area contributed by atoms with Crippen LogP contribution >= 0.6 is 0 Å². The second kappa shape index (κ2) is 9.11. The first kappa shape index (κ1) is 24.2. The van der Waals surface area contributed by atoms with Crippen LogP contribution in [0.4, 0.5) is 0 Å². The third-order valence-electron chi connectivity index (χ3n) is 6.92. The van der Waals surface area contributed by atoms with Crippen LogP contribution in [-0.4, -0.2) is 22.2 Å². The zero-order valence-corrected chi connectivity index (χ0v) is 18.8. The Kier molecular flexibility index (Phi) is 7.87. The smallest absolute Gasteiger partial charge is 0.336 e. The fourth-order valence-corrected chi connectivity index (χ4v) is 4.55. The Labute approximate surface area is 170 Å². The van der Waals surface area contributed by atoms with Gasteiger partial charge >= 0.3 is 11.9 Å². The predicted molar refractivity (Wildman–Crippen MR) is 115 cm³/mol. The van der Waals surface area contributed by atoms with Crippen LogP contribution in [0.15, 0.2) is 12.1 Å². The van der Waals surface area contributed by atoms with Gasteiger partial charge in [0.1, 0.15) is 0 Å². The van der Waals surface area contributed by atoms with Crippen LogP contribution in [0.25, 0.3) is 0 Å². The van der Waals surface area contributed by atoms with Crippen molar-refractivity contribution in [2.24, 2.45) is 11.8 Å². The summed E-state index contributed by atoms with van der Waals surface area (Å²) in [5.41, 5.74) is 0.926. The number of carboxylic acid groups (broad SMARTS) is 2. The summed E-state index contributed by atoms with van der Waals surface area (Å²) in [6.45, 7) is 17.1. The van der Waals surface area contributed by atoms with Crippen molar-refractivity contribution in [2.75, 3.05) is 0 Å². The maximum atomic E-state index is 12.4. The Morgan fingerprint density at radius 3 is 1.68 bits per heavy atom. The molecule has 0 amide bonds. The molecule has 0 spiro atoms. The number of hydrogen-bond donors (Lipinski definition) is 2. The number of hydrogen-bond acceptors (Lipinski definition) is 2. The van der Waals surface area contributed by atoms with Crippen molar-refractivity contribution in [1.82, 2.24) is 0 Å². The van der Waals surface area contributed by atoms with E-state index >= 15 is 0 Å². The molecule has 1 rings (SSSR count). The maximum absolute atomic E-state index is 12.4. The summed E-state index contributed by atoms with van der Waals surface area (Å²) < 4.78 is 0. The second-order valence-electron chi connectivity index (χ2n) is 9.17. The highest BCUT2D eigenvalue weighted by molar-refractivity contribution is 6.03. The zero-order valence-electron chi connectivity index (χ0n) is 18.8. The average molecular weight is 391 g/mol. The lowest BCUT2D eigenvalue weighted by atomic mass is 9.60. The number of carboxylic acids is 2. The van der Waals surface area contributed by atoms with Crippen molar-refractivity contribution in [3.63, 3.8) is 0 Å². The molecule has 0 aliphatic carbocycles. The Balaban J connectivity index is 4.17. The number of rotatable bonds is 10. The van der Waals surface area contributed by atoms with E-state index in [1.165, 1.54) is 6.07 Å². The van der Waals surface area contributed by atoms with E-state index in [1.54, 1.807) is 0 Å². The molecule has 1 aromatic carbocycles. The topological polar surface area (TPSA) is 74.6 Å². The summed E-state index contributed by atoms with van der Waals surface area (Å²) in [6, 6.07) is 3.38. The van der Waals surface area contributed by atoms with Gasteiger partial charge in [-0.25, -0.2) is 9.59 Å². The second-order valence-corrected chi connectivity index (χ2v) is 9.17. The molecule has 0 aliphatic heterocycles. The van der Waals surface area contributed by atoms with Crippen molar-refractivity contribution in [2.45, 2.75) is 91.9 Å². The van der Waals surface area contributed by atoms with Crippen LogP contribution in [-0.2, 0) is 10.8 Å². The molecule has 2 N–H and O–H groups in total. The molecule has 2 atom stereocenters. The van der Waals surface area contributed by atoms with Gasteiger partial charge in [0.05, 0.1) is 11.1 Å². The minimum Gasteiger partial charge on any atom is -0.478 e. The average Bonchev–Trinajstić information content (AvgIpc) is 2.60. The third-order valence-corrected chi connectivity index (χ3v) is 6.92. The first-order valence-electron chi connectivity index (χ1n) is 10.5. The molecule has 0 bridgehead atoms. The normalized spacial score (nSPS) is 16.1. The van der Waals surface area contributed by atoms with Crippen LogP contribution in [0.5, 0.6) is 0 Å². The lowest BCUT2D eigenvalue weighted by Crippen LogP contribution is -2.38. The molecular weight excluding hydrogens is 352 g/mol. The van der Waals surface area contributed by atoms with E-state index in [0.717, 1.165) is 36.8 Å². The Morgan fingerprint density at radius 1 is 0.857 bits per heavy atom. The van der Waals surface area contributed by atoms with E-state index in [0.29, 0.717) is 5.92 Å². The van der Waals surface area contributed by atoms with Crippen molar-refractivity contribution in [1.29, 1.82) is 0 Å². The van der Waals surface area contributed by atoms with Gasteiger partial charge in [0.15, 0.2) is 0 Å². The van der Waals surface area contributed by atoms with Crippen molar-refractivity contribution >= 4 is 11.9 Å². The lowest BCUT2D eigenvalue weighted by Gasteiger charge is -2.43. The minimum absolute atomic E-state index is 0.0300. The van der Waals surface area contributed by atoms with Gasteiger partial charge in [-0.2, -0.15) is 0 Å². The molecule has 1 aromatic rings. The van der Waals surface area contributed by atoms with Gasteiger partial charge in [-0.05, 0) is 52.7 Å². The summed E-state index contributed by atoms with van der Waals surface area (Å²) in [5, 5.41) is 19.8. The molecule has 4 nitrogen and oxygen atoms in total. The molecule has 4 heteroatoms. The predicted octanol–water partition coefficient (Wildman–Crippen LogP) is 6.51. The molecule has 0 aromatic heterocycles. The van der Waals surface area contributed by atoms with Gasteiger partial charge in [0.2, 0.25) is 0 Å². The molecule has 0 saturated heterocycles. The Morgan fingerprint density at radius 2 is 1.32 bits per heavy atom.